The lowest BCUT2D eigenvalue weighted by Crippen LogP contribution is -2.30. The Morgan fingerprint density at radius 1 is 1.29 bits per heavy atom. The van der Waals surface area contributed by atoms with E-state index in [1.807, 2.05) is 31.4 Å². The van der Waals surface area contributed by atoms with Crippen molar-refractivity contribution in [2.75, 3.05) is 5.32 Å². The second-order valence-corrected chi connectivity index (χ2v) is 6.44. The molecule has 0 saturated carbocycles. The molecule has 7 nitrogen and oxygen atoms in total. The van der Waals surface area contributed by atoms with Crippen LogP contribution in [0, 0.1) is 0 Å². The zero-order chi connectivity index (χ0) is 17.1. The number of amides is 1. The molecule has 0 bridgehead atoms. The number of nitrogens with zero attached hydrogens (tertiary/aromatic N) is 4. The molecule has 1 N–H and O–H groups in total. The second kappa shape index (κ2) is 6.79. The average molecular weight is 343 g/mol. The third-order valence-corrected chi connectivity index (χ3v) is 4.25. The molecule has 3 heterocycles. The Labute approximate surface area is 142 Å². The number of hydrogen-bond donors (Lipinski definition) is 1. The van der Waals surface area contributed by atoms with Crippen molar-refractivity contribution in [2.24, 2.45) is 0 Å². The molecule has 0 atom stereocenters. The molecule has 1 amide bonds. The van der Waals surface area contributed by atoms with Gasteiger partial charge in [-0.3, -0.25) is 9.59 Å². The van der Waals surface area contributed by atoms with Crippen LogP contribution in [0.25, 0.3) is 10.6 Å². The largest absolute Gasteiger partial charge is 0.309 e. The zero-order valence-electron chi connectivity index (χ0n) is 13.3. The molecule has 0 fully saturated rings. The smallest absolute Gasteiger partial charge is 0.267 e. The minimum atomic E-state index is -0.324. The van der Waals surface area contributed by atoms with Crippen molar-refractivity contribution in [3.8, 4) is 10.6 Å². The molecule has 3 aromatic heterocycles. The molecule has 0 aliphatic rings. The SMILES string of the molecule is CC(C)n1nccc1NC(=O)Cn1nc(-c2cccs2)ccc1=O. The Kier molecular flexibility index (Phi) is 4.57. The summed E-state index contributed by atoms with van der Waals surface area (Å²) >= 11 is 1.53. The summed E-state index contributed by atoms with van der Waals surface area (Å²) in [5.41, 5.74) is 0.354. The lowest BCUT2D eigenvalue weighted by atomic mass is 10.3. The molecule has 0 radical (unpaired) electrons. The van der Waals surface area contributed by atoms with Crippen LogP contribution in [0.4, 0.5) is 5.82 Å². The fourth-order valence-corrected chi connectivity index (χ4v) is 2.95. The molecule has 3 rings (SSSR count). The van der Waals surface area contributed by atoms with Gasteiger partial charge in [-0.2, -0.15) is 10.2 Å². The summed E-state index contributed by atoms with van der Waals surface area (Å²) in [5.74, 6) is 0.271. The van der Waals surface area contributed by atoms with Gasteiger partial charge in [-0.05, 0) is 31.4 Å². The number of hydrogen-bond acceptors (Lipinski definition) is 5. The van der Waals surface area contributed by atoms with Gasteiger partial charge >= 0.3 is 0 Å². The van der Waals surface area contributed by atoms with Crippen molar-refractivity contribution in [2.45, 2.75) is 26.4 Å². The van der Waals surface area contributed by atoms with Crippen LogP contribution in [0.2, 0.25) is 0 Å². The van der Waals surface area contributed by atoms with Crippen LogP contribution >= 0.6 is 11.3 Å². The number of nitrogens with one attached hydrogen (secondary N) is 1. The van der Waals surface area contributed by atoms with E-state index in [1.54, 1.807) is 23.0 Å². The van der Waals surface area contributed by atoms with Crippen molar-refractivity contribution in [1.29, 1.82) is 0 Å². The number of thiophene rings is 1. The van der Waals surface area contributed by atoms with Gasteiger partial charge in [0.05, 0.1) is 11.1 Å². The van der Waals surface area contributed by atoms with E-state index < -0.39 is 0 Å². The summed E-state index contributed by atoms with van der Waals surface area (Å²) in [6, 6.07) is 8.76. The zero-order valence-corrected chi connectivity index (χ0v) is 14.2. The van der Waals surface area contributed by atoms with E-state index >= 15 is 0 Å². The van der Waals surface area contributed by atoms with Crippen LogP contribution in [0.1, 0.15) is 19.9 Å². The van der Waals surface area contributed by atoms with Crippen LogP contribution in [0.3, 0.4) is 0 Å². The number of carbonyl (C=O) groups is 1. The van der Waals surface area contributed by atoms with Crippen molar-refractivity contribution < 1.29 is 4.79 Å². The van der Waals surface area contributed by atoms with E-state index in [0.717, 1.165) is 4.88 Å². The van der Waals surface area contributed by atoms with Crippen molar-refractivity contribution >= 4 is 23.1 Å². The van der Waals surface area contributed by atoms with Gasteiger partial charge in [0.2, 0.25) is 5.91 Å². The Morgan fingerprint density at radius 2 is 2.12 bits per heavy atom. The monoisotopic (exact) mass is 343 g/mol. The standard InChI is InChI=1S/C16H17N5O2S/c1-11(2)21-14(7-8-17-21)18-15(22)10-20-16(23)6-5-12(19-20)13-4-3-9-24-13/h3-9,11H,10H2,1-2H3,(H,18,22). The summed E-state index contributed by atoms with van der Waals surface area (Å²) in [4.78, 5) is 25.2. The maximum atomic E-state index is 12.3. The first kappa shape index (κ1) is 16.1. The highest BCUT2D eigenvalue weighted by Gasteiger charge is 2.12. The van der Waals surface area contributed by atoms with Crippen LogP contribution < -0.4 is 10.9 Å². The Bertz CT molecular complexity index is 895. The van der Waals surface area contributed by atoms with Crippen molar-refractivity contribution in [1.82, 2.24) is 19.6 Å². The first-order valence-corrected chi connectivity index (χ1v) is 8.38. The molecule has 0 aliphatic carbocycles. The number of rotatable bonds is 5. The van der Waals surface area contributed by atoms with Gasteiger partial charge in [0.25, 0.3) is 5.56 Å². The molecule has 0 spiro atoms. The van der Waals surface area contributed by atoms with Crippen molar-refractivity contribution in [3.05, 3.63) is 52.3 Å². The maximum Gasteiger partial charge on any atom is 0.267 e. The highest BCUT2D eigenvalue weighted by atomic mass is 32.1. The molecule has 124 valence electrons. The fourth-order valence-electron chi connectivity index (χ4n) is 2.26. The normalized spacial score (nSPS) is 11.0. The van der Waals surface area contributed by atoms with Gasteiger partial charge in [-0.25, -0.2) is 9.36 Å². The number of aromatic nitrogens is 4. The molecule has 24 heavy (non-hydrogen) atoms. The van der Waals surface area contributed by atoms with E-state index in [1.165, 1.54) is 22.1 Å². The summed E-state index contributed by atoms with van der Waals surface area (Å²) in [6.45, 7) is 3.79. The molecule has 0 aliphatic heterocycles. The highest BCUT2D eigenvalue weighted by Crippen LogP contribution is 2.21. The van der Waals surface area contributed by atoms with E-state index in [4.69, 9.17) is 0 Å². The lowest BCUT2D eigenvalue weighted by Gasteiger charge is -2.12. The van der Waals surface area contributed by atoms with Gasteiger partial charge in [0.15, 0.2) is 0 Å². The number of carbonyl (C=O) groups excluding carboxylic acids is 1. The number of anilines is 1. The lowest BCUT2D eigenvalue weighted by molar-refractivity contribution is -0.117. The van der Waals surface area contributed by atoms with Gasteiger partial charge in [0, 0.05) is 18.2 Å². The molecule has 0 unspecified atom stereocenters. The van der Waals surface area contributed by atoms with E-state index in [-0.39, 0.29) is 24.1 Å². The first-order valence-electron chi connectivity index (χ1n) is 7.50. The van der Waals surface area contributed by atoms with E-state index in [0.29, 0.717) is 11.5 Å². The quantitative estimate of drug-likeness (QED) is 0.771. The summed E-state index contributed by atoms with van der Waals surface area (Å²) < 4.78 is 2.87. The Balaban J connectivity index is 1.78. The first-order chi connectivity index (χ1) is 11.5. The third kappa shape index (κ3) is 3.43. The second-order valence-electron chi connectivity index (χ2n) is 5.49. The topological polar surface area (TPSA) is 81.8 Å². The summed E-state index contributed by atoms with van der Waals surface area (Å²) in [6.07, 6.45) is 1.62. The van der Waals surface area contributed by atoms with E-state index in [2.05, 4.69) is 15.5 Å². The molecule has 0 aromatic carbocycles. The molecule has 3 aromatic rings. The molecule has 8 heteroatoms. The maximum absolute atomic E-state index is 12.3. The highest BCUT2D eigenvalue weighted by molar-refractivity contribution is 7.13. The van der Waals surface area contributed by atoms with Gasteiger partial charge in [-0.1, -0.05) is 6.07 Å². The van der Waals surface area contributed by atoms with Crippen LogP contribution in [-0.4, -0.2) is 25.5 Å². The van der Waals surface area contributed by atoms with Crippen LogP contribution in [-0.2, 0) is 11.3 Å². The van der Waals surface area contributed by atoms with Crippen LogP contribution in [0.5, 0.6) is 0 Å². The third-order valence-electron chi connectivity index (χ3n) is 3.36. The molecular formula is C16H17N5O2S. The predicted molar refractivity (Wildman–Crippen MR) is 93.1 cm³/mol. The molecular weight excluding hydrogens is 326 g/mol. The summed E-state index contributed by atoms with van der Waals surface area (Å²) in [7, 11) is 0. The van der Waals surface area contributed by atoms with Gasteiger partial charge in [0.1, 0.15) is 18.1 Å². The van der Waals surface area contributed by atoms with Crippen LogP contribution in [0.15, 0.2) is 46.7 Å². The molecule has 0 saturated heterocycles. The van der Waals surface area contributed by atoms with Gasteiger partial charge in [-0.15, -0.1) is 11.3 Å². The Hall–Kier alpha value is -2.74. The predicted octanol–water partition coefficient (Wildman–Crippen LogP) is 2.39. The van der Waals surface area contributed by atoms with E-state index in [9.17, 15) is 9.59 Å². The average Bonchev–Trinajstić information content (AvgIpc) is 3.20. The minimum absolute atomic E-state index is 0.123. The summed E-state index contributed by atoms with van der Waals surface area (Å²) in [5, 5.41) is 13.1. The Morgan fingerprint density at radius 3 is 2.83 bits per heavy atom. The minimum Gasteiger partial charge on any atom is -0.309 e. The fraction of sp³-hybridized carbons (Fsp3) is 0.250. The van der Waals surface area contributed by atoms with Crippen molar-refractivity contribution in [3.63, 3.8) is 0 Å². The van der Waals surface area contributed by atoms with Gasteiger partial charge < -0.3 is 5.32 Å².